The molecule has 1 heterocycles. The highest BCUT2D eigenvalue weighted by Crippen LogP contribution is 2.45. The van der Waals surface area contributed by atoms with Gasteiger partial charge in [0, 0.05) is 20.2 Å². The number of aryl methyl sites for hydroxylation is 1. The standard InChI is InChI=1S/C19H12S/c1-11-9-10-16-19-17(11)13-6-3-2-5-12(13)14-7-4-8-15(20-16)18(14)19/h2-10H,1H3. The fourth-order valence-electron chi connectivity index (χ4n) is 3.52. The number of benzene rings is 4. The van der Waals surface area contributed by atoms with Crippen molar-refractivity contribution in [3.8, 4) is 0 Å². The van der Waals surface area contributed by atoms with Crippen molar-refractivity contribution in [2.45, 2.75) is 6.92 Å². The first kappa shape index (κ1) is 10.6. The quantitative estimate of drug-likeness (QED) is 0.298. The van der Waals surface area contributed by atoms with Crippen LogP contribution in [0.1, 0.15) is 5.56 Å². The summed E-state index contributed by atoms with van der Waals surface area (Å²) in [5, 5.41) is 8.49. The van der Waals surface area contributed by atoms with Gasteiger partial charge in [0.1, 0.15) is 0 Å². The molecule has 0 spiro atoms. The average Bonchev–Trinajstić information content (AvgIpc) is 2.86. The van der Waals surface area contributed by atoms with Gasteiger partial charge in [0.2, 0.25) is 0 Å². The van der Waals surface area contributed by atoms with Crippen LogP contribution in [-0.2, 0) is 0 Å². The summed E-state index contributed by atoms with van der Waals surface area (Å²) in [7, 11) is 0. The van der Waals surface area contributed by atoms with Gasteiger partial charge >= 0.3 is 0 Å². The van der Waals surface area contributed by atoms with E-state index in [1.54, 1.807) is 0 Å². The van der Waals surface area contributed by atoms with Gasteiger partial charge < -0.3 is 0 Å². The van der Waals surface area contributed by atoms with Gasteiger partial charge in [-0.1, -0.05) is 42.5 Å². The van der Waals surface area contributed by atoms with Crippen LogP contribution in [0.15, 0.2) is 54.6 Å². The maximum Gasteiger partial charge on any atom is 0.0362 e. The molecule has 1 aromatic heterocycles. The van der Waals surface area contributed by atoms with Crippen molar-refractivity contribution in [1.29, 1.82) is 0 Å². The summed E-state index contributed by atoms with van der Waals surface area (Å²) >= 11 is 1.91. The molecule has 5 aromatic rings. The molecule has 0 unspecified atom stereocenters. The monoisotopic (exact) mass is 272 g/mol. The van der Waals surface area contributed by atoms with Crippen molar-refractivity contribution >= 4 is 53.1 Å². The molecule has 0 bridgehead atoms. The molecular weight excluding hydrogens is 260 g/mol. The Balaban J connectivity index is 2.34. The molecule has 0 aliphatic heterocycles. The molecule has 0 aliphatic carbocycles. The highest BCUT2D eigenvalue weighted by atomic mass is 32.1. The molecular formula is C19H12S. The normalized spacial score (nSPS) is 12.2. The van der Waals surface area contributed by atoms with E-state index in [1.807, 2.05) is 11.3 Å². The van der Waals surface area contributed by atoms with Crippen molar-refractivity contribution in [2.24, 2.45) is 0 Å². The zero-order valence-electron chi connectivity index (χ0n) is 11.1. The summed E-state index contributed by atoms with van der Waals surface area (Å²) in [6, 6.07) is 20.0. The molecule has 0 radical (unpaired) electrons. The Morgan fingerprint density at radius 1 is 0.600 bits per heavy atom. The Morgan fingerprint density at radius 3 is 2.20 bits per heavy atom. The van der Waals surface area contributed by atoms with Crippen molar-refractivity contribution < 1.29 is 0 Å². The molecule has 20 heavy (non-hydrogen) atoms. The van der Waals surface area contributed by atoms with Crippen LogP contribution in [0.2, 0.25) is 0 Å². The van der Waals surface area contributed by atoms with Crippen LogP contribution in [0.4, 0.5) is 0 Å². The van der Waals surface area contributed by atoms with E-state index in [-0.39, 0.29) is 0 Å². The Hall–Kier alpha value is -2.12. The van der Waals surface area contributed by atoms with Gasteiger partial charge in [-0.2, -0.15) is 0 Å². The minimum atomic E-state index is 1.37. The van der Waals surface area contributed by atoms with Crippen molar-refractivity contribution in [3.05, 3.63) is 60.2 Å². The second kappa shape index (κ2) is 3.50. The van der Waals surface area contributed by atoms with Crippen LogP contribution in [0.3, 0.4) is 0 Å². The van der Waals surface area contributed by atoms with Gasteiger partial charge in [-0.3, -0.25) is 0 Å². The largest absolute Gasteiger partial charge is 0.135 e. The highest BCUT2D eigenvalue weighted by Gasteiger charge is 2.15. The Labute approximate surface area is 120 Å². The van der Waals surface area contributed by atoms with E-state index in [4.69, 9.17) is 0 Å². The van der Waals surface area contributed by atoms with Crippen molar-refractivity contribution in [1.82, 2.24) is 0 Å². The molecule has 0 nitrogen and oxygen atoms in total. The maximum absolute atomic E-state index is 2.27. The summed E-state index contributed by atoms with van der Waals surface area (Å²) in [4.78, 5) is 0. The number of hydrogen-bond donors (Lipinski definition) is 0. The molecule has 0 saturated heterocycles. The minimum absolute atomic E-state index is 1.37. The van der Waals surface area contributed by atoms with Gasteiger partial charge in [0.15, 0.2) is 0 Å². The second-order valence-corrected chi connectivity index (χ2v) is 6.54. The van der Waals surface area contributed by atoms with E-state index in [1.165, 1.54) is 47.3 Å². The fourth-order valence-corrected chi connectivity index (χ4v) is 4.66. The summed E-state index contributed by atoms with van der Waals surface area (Å²) in [6.45, 7) is 2.23. The smallest absolute Gasteiger partial charge is 0.0362 e. The summed E-state index contributed by atoms with van der Waals surface area (Å²) in [6.07, 6.45) is 0. The molecule has 0 atom stereocenters. The first-order valence-electron chi connectivity index (χ1n) is 6.89. The first-order valence-corrected chi connectivity index (χ1v) is 7.71. The van der Waals surface area contributed by atoms with Gasteiger partial charge in [-0.05, 0) is 46.2 Å². The Morgan fingerprint density at radius 2 is 1.30 bits per heavy atom. The van der Waals surface area contributed by atoms with E-state index in [2.05, 4.69) is 61.5 Å². The van der Waals surface area contributed by atoms with E-state index in [0.717, 1.165) is 0 Å². The van der Waals surface area contributed by atoms with Gasteiger partial charge in [0.25, 0.3) is 0 Å². The lowest BCUT2D eigenvalue weighted by molar-refractivity contribution is 1.56. The molecule has 1 heteroatoms. The van der Waals surface area contributed by atoms with Gasteiger partial charge in [-0.25, -0.2) is 0 Å². The van der Waals surface area contributed by atoms with Crippen LogP contribution in [0, 0.1) is 6.92 Å². The van der Waals surface area contributed by atoms with Gasteiger partial charge in [-0.15, -0.1) is 11.3 Å². The third-order valence-electron chi connectivity index (χ3n) is 4.36. The maximum atomic E-state index is 2.27. The SMILES string of the molecule is Cc1ccc2sc3cccc4c5ccccc5c1c2c34. The molecule has 0 N–H and O–H groups in total. The van der Waals surface area contributed by atoms with Crippen molar-refractivity contribution in [3.63, 3.8) is 0 Å². The molecule has 94 valence electrons. The minimum Gasteiger partial charge on any atom is -0.135 e. The number of fused-ring (bicyclic) bond motifs is 3. The summed E-state index contributed by atoms with van der Waals surface area (Å²) in [5.41, 5.74) is 1.37. The van der Waals surface area contributed by atoms with Crippen LogP contribution in [0.25, 0.3) is 41.7 Å². The van der Waals surface area contributed by atoms with E-state index in [9.17, 15) is 0 Å². The van der Waals surface area contributed by atoms with Crippen molar-refractivity contribution in [2.75, 3.05) is 0 Å². The fraction of sp³-hybridized carbons (Fsp3) is 0.0526. The first-order chi connectivity index (χ1) is 9.84. The number of hydrogen-bond acceptors (Lipinski definition) is 1. The van der Waals surface area contributed by atoms with E-state index < -0.39 is 0 Å². The lowest BCUT2D eigenvalue weighted by Gasteiger charge is -2.10. The molecule has 0 saturated carbocycles. The zero-order valence-corrected chi connectivity index (χ0v) is 11.9. The molecule has 0 fully saturated rings. The lowest BCUT2D eigenvalue weighted by Crippen LogP contribution is -1.84. The van der Waals surface area contributed by atoms with E-state index >= 15 is 0 Å². The third-order valence-corrected chi connectivity index (χ3v) is 5.48. The molecule has 5 rings (SSSR count). The predicted molar refractivity (Wildman–Crippen MR) is 90.3 cm³/mol. The van der Waals surface area contributed by atoms with Crippen LogP contribution in [-0.4, -0.2) is 0 Å². The second-order valence-electron chi connectivity index (χ2n) is 5.46. The summed E-state index contributed by atoms with van der Waals surface area (Å²) in [5.74, 6) is 0. The van der Waals surface area contributed by atoms with Gasteiger partial charge in [0.05, 0.1) is 0 Å². The molecule has 0 aliphatic rings. The third kappa shape index (κ3) is 1.13. The lowest BCUT2D eigenvalue weighted by atomic mass is 9.92. The molecule has 0 amide bonds. The van der Waals surface area contributed by atoms with Crippen LogP contribution in [0.5, 0.6) is 0 Å². The van der Waals surface area contributed by atoms with Crippen LogP contribution < -0.4 is 0 Å². The number of thiophene rings is 1. The Kier molecular flexibility index (Phi) is 1.86. The highest BCUT2D eigenvalue weighted by molar-refractivity contribution is 7.26. The zero-order chi connectivity index (χ0) is 13.3. The van der Waals surface area contributed by atoms with Crippen LogP contribution >= 0.6 is 11.3 Å². The topological polar surface area (TPSA) is 0 Å². The van der Waals surface area contributed by atoms with E-state index in [0.29, 0.717) is 0 Å². The molecule has 4 aromatic carbocycles. The average molecular weight is 272 g/mol. The Bertz CT molecular complexity index is 1100. The number of rotatable bonds is 0. The predicted octanol–water partition coefficient (Wildman–Crippen LogP) is 6.11. The summed E-state index contributed by atoms with van der Waals surface area (Å²) < 4.78 is 2.81.